The van der Waals surface area contributed by atoms with E-state index in [4.69, 9.17) is 11.6 Å². The third-order valence-corrected chi connectivity index (χ3v) is 7.09. The Hall–Kier alpha value is -3.36. The van der Waals surface area contributed by atoms with Gasteiger partial charge in [0.2, 0.25) is 0 Å². The molecule has 1 aromatic heterocycles. The number of anilines is 1. The Bertz CT molecular complexity index is 1260. The van der Waals surface area contributed by atoms with Gasteiger partial charge < -0.3 is 9.80 Å². The predicted octanol–water partition coefficient (Wildman–Crippen LogP) is 4.57. The number of halogens is 1. The lowest BCUT2D eigenvalue weighted by molar-refractivity contribution is 0.0743. The van der Waals surface area contributed by atoms with Gasteiger partial charge in [0.15, 0.2) is 5.82 Å². The second kappa shape index (κ2) is 10.3. The summed E-state index contributed by atoms with van der Waals surface area (Å²) >= 11 is 7.58. The normalized spacial score (nSPS) is 13.8. The van der Waals surface area contributed by atoms with E-state index in [1.807, 2.05) is 83.8 Å². The highest BCUT2D eigenvalue weighted by atomic mass is 35.5. The molecule has 9 heteroatoms. The number of nitrogens with zero attached hydrogens (tertiary/aromatic N) is 6. The quantitative estimate of drug-likeness (QED) is 0.369. The fourth-order valence-electron chi connectivity index (χ4n) is 3.97. The first-order valence-corrected chi connectivity index (χ1v) is 12.4. The highest BCUT2D eigenvalue weighted by Gasteiger charge is 2.24. The minimum Gasteiger partial charge on any atom is -0.368 e. The SMILES string of the molecule is O=C(c1ccccc1SCc1nnnn1-c1ccccc1)N1CCN(c2ccc(Cl)cc2)CC1. The number of thioether (sulfide) groups is 1. The highest BCUT2D eigenvalue weighted by molar-refractivity contribution is 7.98. The van der Waals surface area contributed by atoms with Gasteiger partial charge in [-0.3, -0.25) is 4.79 Å². The van der Waals surface area contributed by atoms with Crippen LogP contribution in [0.15, 0.2) is 83.8 Å². The standard InChI is InChI=1S/C25H23ClN6OS/c26-19-10-12-20(13-11-19)30-14-16-31(17-15-30)25(33)22-8-4-5-9-23(22)34-18-24-27-28-29-32(24)21-6-2-1-3-7-21/h1-13H,14-18H2. The molecule has 0 atom stereocenters. The van der Waals surface area contributed by atoms with Crippen molar-refractivity contribution in [3.05, 3.63) is 95.3 Å². The summed E-state index contributed by atoms with van der Waals surface area (Å²) in [6.07, 6.45) is 0. The maximum atomic E-state index is 13.4. The first-order valence-electron chi connectivity index (χ1n) is 11.0. The molecule has 2 heterocycles. The molecule has 3 aromatic carbocycles. The van der Waals surface area contributed by atoms with Crippen molar-refractivity contribution >= 4 is 35.0 Å². The molecular weight excluding hydrogens is 468 g/mol. The van der Waals surface area contributed by atoms with Crippen LogP contribution in [0.25, 0.3) is 5.69 Å². The van der Waals surface area contributed by atoms with E-state index >= 15 is 0 Å². The monoisotopic (exact) mass is 490 g/mol. The summed E-state index contributed by atoms with van der Waals surface area (Å²) in [6, 6.07) is 25.4. The molecule has 0 spiro atoms. The smallest absolute Gasteiger partial charge is 0.255 e. The van der Waals surface area contributed by atoms with E-state index in [9.17, 15) is 4.79 Å². The van der Waals surface area contributed by atoms with Gasteiger partial charge in [-0.25, -0.2) is 0 Å². The molecule has 1 aliphatic heterocycles. The van der Waals surface area contributed by atoms with Crippen molar-refractivity contribution < 1.29 is 4.79 Å². The molecule has 172 valence electrons. The number of carbonyl (C=O) groups excluding carboxylic acids is 1. The van der Waals surface area contributed by atoms with Crippen molar-refractivity contribution in [3.63, 3.8) is 0 Å². The summed E-state index contributed by atoms with van der Waals surface area (Å²) in [6.45, 7) is 2.92. The van der Waals surface area contributed by atoms with Gasteiger partial charge in [-0.05, 0) is 59.0 Å². The summed E-state index contributed by atoms with van der Waals surface area (Å²) in [4.78, 5) is 18.5. The minimum absolute atomic E-state index is 0.0570. The van der Waals surface area contributed by atoms with Crippen LogP contribution in [-0.4, -0.2) is 57.2 Å². The number of para-hydroxylation sites is 1. The zero-order chi connectivity index (χ0) is 23.3. The molecule has 0 radical (unpaired) electrons. The summed E-state index contributed by atoms with van der Waals surface area (Å²) in [5.41, 5.74) is 2.75. The van der Waals surface area contributed by atoms with Crippen molar-refractivity contribution in [2.75, 3.05) is 31.1 Å². The lowest BCUT2D eigenvalue weighted by Crippen LogP contribution is -2.48. The first-order chi connectivity index (χ1) is 16.7. The Morgan fingerprint density at radius 2 is 1.56 bits per heavy atom. The van der Waals surface area contributed by atoms with Crippen molar-refractivity contribution in [2.45, 2.75) is 10.6 Å². The van der Waals surface area contributed by atoms with Crippen molar-refractivity contribution in [1.29, 1.82) is 0 Å². The minimum atomic E-state index is 0.0570. The average Bonchev–Trinajstić information content (AvgIpc) is 3.37. The number of amides is 1. The zero-order valence-corrected chi connectivity index (χ0v) is 20.0. The summed E-state index contributed by atoms with van der Waals surface area (Å²) in [7, 11) is 0. The van der Waals surface area contributed by atoms with Gasteiger partial charge in [-0.2, -0.15) is 4.68 Å². The molecule has 7 nitrogen and oxygen atoms in total. The topological polar surface area (TPSA) is 67.2 Å². The number of rotatable bonds is 6. The molecule has 1 fully saturated rings. The lowest BCUT2D eigenvalue weighted by atomic mass is 10.1. The molecule has 0 aliphatic carbocycles. The lowest BCUT2D eigenvalue weighted by Gasteiger charge is -2.36. The van der Waals surface area contributed by atoms with E-state index in [-0.39, 0.29) is 5.91 Å². The molecule has 4 aromatic rings. The van der Waals surface area contributed by atoms with E-state index in [1.165, 1.54) is 0 Å². The number of hydrogen-bond donors (Lipinski definition) is 0. The molecule has 0 bridgehead atoms. The summed E-state index contributed by atoms with van der Waals surface area (Å²) in [5, 5.41) is 12.9. The van der Waals surface area contributed by atoms with Gasteiger partial charge in [-0.1, -0.05) is 41.9 Å². The van der Waals surface area contributed by atoms with E-state index in [0.29, 0.717) is 24.4 Å². The van der Waals surface area contributed by atoms with E-state index in [0.717, 1.165) is 40.2 Å². The van der Waals surface area contributed by atoms with Crippen LogP contribution in [-0.2, 0) is 5.75 Å². The van der Waals surface area contributed by atoms with Crippen LogP contribution >= 0.6 is 23.4 Å². The molecule has 1 saturated heterocycles. The molecule has 5 rings (SSSR count). The van der Waals surface area contributed by atoms with Gasteiger partial charge in [0, 0.05) is 41.8 Å². The van der Waals surface area contributed by atoms with Crippen LogP contribution in [0.3, 0.4) is 0 Å². The van der Waals surface area contributed by atoms with Crippen LogP contribution in [0.2, 0.25) is 5.02 Å². The number of carbonyl (C=O) groups is 1. The van der Waals surface area contributed by atoms with E-state index in [1.54, 1.807) is 16.4 Å². The third kappa shape index (κ3) is 4.93. The molecule has 1 amide bonds. The summed E-state index contributed by atoms with van der Waals surface area (Å²) in [5.74, 6) is 1.34. The first kappa shape index (κ1) is 22.4. The fraction of sp³-hybridized carbons (Fsp3) is 0.200. The second-order valence-electron chi connectivity index (χ2n) is 7.88. The maximum absolute atomic E-state index is 13.4. The van der Waals surface area contributed by atoms with Crippen molar-refractivity contribution in [1.82, 2.24) is 25.1 Å². The number of aromatic nitrogens is 4. The molecular formula is C25H23ClN6OS. The fourth-order valence-corrected chi connectivity index (χ4v) is 5.04. The van der Waals surface area contributed by atoms with Crippen LogP contribution in [0.1, 0.15) is 16.2 Å². The van der Waals surface area contributed by atoms with Crippen LogP contribution in [0.4, 0.5) is 5.69 Å². The molecule has 0 saturated carbocycles. The molecule has 34 heavy (non-hydrogen) atoms. The van der Waals surface area contributed by atoms with Gasteiger partial charge >= 0.3 is 0 Å². The number of piperazine rings is 1. The molecule has 1 aliphatic rings. The van der Waals surface area contributed by atoms with Gasteiger partial charge in [0.25, 0.3) is 5.91 Å². The second-order valence-corrected chi connectivity index (χ2v) is 9.34. The van der Waals surface area contributed by atoms with Gasteiger partial charge in [0.1, 0.15) is 0 Å². The average molecular weight is 491 g/mol. The number of benzene rings is 3. The Morgan fingerprint density at radius 3 is 2.32 bits per heavy atom. The Morgan fingerprint density at radius 1 is 0.853 bits per heavy atom. The largest absolute Gasteiger partial charge is 0.368 e. The van der Waals surface area contributed by atoms with Crippen LogP contribution < -0.4 is 4.90 Å². The Labute approximate surface area is 207 Å². The van der Waals surface area contributed by atoms with Crippen molar-refractivity contribution in [2.24, 2.45) is 0 Å². The van der Waals surface area contributed by atoms with Crippen LogP contribution in [0.5, 0.6) is 0 Å². The van der Waals surface area contributed by atoms with Crippen LogP contribution in [0, 0.1) is 0 Å². The maximum Gasteiger partial charge on any atom is 0.255 e. The molecule has 0 unspecified atom stereocenters. The van der Waals surface area contributed by atoms with Crippen molar-refractivity contribution in [3.8, 4) is 5.69 Å². The predicted molar refractivity (Wildman–Crippen MR) is 135 cm³/mol. The number of hydrogen-bond acceptors (Lipinski definition) is 6. The molecule has 0 N–H and O–H groups in total. The van der Waals surface area contributed by atoms with E-state index in [2.05, 4.69) is 20.4 Å². The summed E-state index contributed by atoms with van der Waals surface area (Å²) < 4.78 is 1.73. The zero-order valence-electron chi connectivity index (χ0n) is 18.4. The highest BCUT2D eigenvalue weighted by Crippen LogP contribution is 2.28. The Balaban J connectivity index is 1.25. The number of tetrazole rings is 1. The Kier molecular flexibility index (Phi) is 6.78. The van der Waals surface area contributed by atoms with Gasteiger partial charge in [-0.15, -0.1) is 16.9 Å². The van der Waals surface area contributed by atoms with E-state index < -0.39 is 0 Å². The van der Waals surface area contributed by atoms with Gasteiger partial charge in [0.05, 0.1) is 17.0 Å². The third-order valence-electron chi connectivity index (χ3n) is 5.77.